The predicted octanol–water partition coefficient (Wildman–Crippen LogP) is 3.43. The second-order valence-corrected chi connectivity index (χ2v) is 7.43. The van der Waals surface area contributed by atoms with E-state index in [4.69, 9.17) is 21.6 Å². The van der Waals surface area contributed by atoms with Crippen molar-refractivity contribution in [1.29, 1.82) is 0 Å². The van der Waals surface area contributed by atoms with E-state index in [1.807, 2.05) is 6.07 Å². The zero-order valence-electron chi connectivity index (χ0n) is 16.4. The highest BCUT2D eigenvalue weighted by atomic mass is 35.5. The molecule has 2 N–H and O–H groups in total. The van der Waals surface area contributed by atoms with Gasteiger partial charge in [-0.05, 0) is 24.3 Å². The van der Waals surface area contributed by atoms with E-state index in [-0.39, 0.29) is 0 Å². The Labute approximate surface area is 182 Å². The normalized spacial score (nSPS) is 14.1. The van der Waals surface area contributed by atoms with Gasteiger partial charge in [0, 0.05) is 44.1 Å². The summed E-state index contributed by atoms with van der Waals surface area (Å²) in [6.45, 7) is 3.37. The van der Waals surface area contributed by atoms with E-state index >= 15 is 0 Å². The second-order valence-electron chi connectivity index (χ2n) is 7.02. The molecular formula is C21H18ClFN8. The first kappa shape index (κ1) is 19.5. The maximum atomic E-state index is 13.4. The summed E-state index contributed by atoms with van der Waals surface area (Å²) >= 11 is 6.47. The highest BCUT2D eigenvalue weighted by Crippen LogP contribution is 2.32. The minimum Gasteiger partial charge on any atom is -0.353 e. The zero-order chi connectivity index (χ0) is 21.2. The maximum absolute atomic E-state index is 13.4. The summed E-state index contributed by atoms with van der Waals surface area (Å²) < 4.78 is 13.4. The van der Waals surface area contributed by atoms with E-state index in [2.05, 4.69) is 30.5 Å². The van der Waals surface area contributed by atoms with Crippen LogP contribution in [0, 0.1) is 5.95 Å². The third kappa shape index (κ3) is 4.10. The van der Waals surface area contributed by atoms with E-state index in [1.54, 1.807) is 36.8 Å². The summed E-state index contributed by atoms with van der Waals surface area (Å²) in [6.07, 6.45) is 4.94. The van der Waals surface area contributed by atoms with Gasteiger partial charge in [0.2, 0.25) is 5.95 Å². The molecule has 10 heteroatoms. The summed E-state index contributed by atoms with van der Waals surface area (Å²) in [5, 5.41) is 7.67. The number of aromatic nitrogens is 5. The van der Waals surface area contributed by atoms with Gasteiger partial charge in [-0.25, -0.2) is 19.9 Å². The van der Waals surface area contributed by atoms with Gasteiger partial charge in [-0.1, -0.05) is 17.7 Å². The fraction of sp³-hybridized carbons (Fsp3) is 0.190. The van der Waals surface area contributed by atoms with Gasteiger partial charge in [0.25, 0.3) is 0 Å². The van der Waals surface area contributed by atoms with Gasteiger partial charge >= 0.3 is 0 Å². The Bertz CT molecular complexity index is 1250. The van der Waals surface area contributed by atoms with Gasteiger partial charge in [0.1, 0.15) is 17.5 Å². The van der Waals surface area contributed by atoms with Gasteiger partial charge in [0.15, 0.2) is 5.82 Å². The molecule has 31 heavy (non-hydrogen) atoms. The van der Waals surface area contributed by atoms with E-state index in [9.17, 15) is 4.39 Å². The molecule has 4 aromatic heterocycles. The molecule has 0 unspecified atom stereocenters. The van der Waals surface area contributed by atoms with Crippen molar-refractivity contribution in [3.05, 3.63) is 59.9 Å². The van der Waals surface area contributed by atoms with Crippen LogP contribution in [0.1, 0.15) is 0 Å². The number of fused-ring (bicyclic) bond motifs is 1. The molecule has 5 heterocycles. The molecule has 1 aliphatic heterocycles. The highest BCUT2D eigenvalue weighted by molar-refractivity contribution is 6.36. The Kier molecular flexibility index (Phi) is 5.27. The van der Waals surface area contributed by atoms with Crippen molar-refractivity contribution in [2.45, 2.75) is 0 Å². The molecule has 1 saturated heterocycles. The monoisotopic (exact) mass is 436 g/mol. The SMILES string of the molecule is Fc1cccc(Nc2cc(-c3nc(N4CCNCC4)c4c(Cl)cncc4n3)ccn2)n1. The summed E-state index contributed by atoms with van der Waals surface area (Å²) in [7, 11) is 0. The number of piperazine rings is 1. The van der Waals surface area contributed by atoms with E-state index in [1.165, 1.54) is 6.07 Å². The molecule has 156 valence electrons. The summed E-state index contributed by atoms with van der Waals surface area (Å²) in [5.41, 5.74) is 1.43. The summed E-state index contributed by atoms with van der Waals surface area (Å²) in [5.74, 6) is 1.62. The van der Waals surface area contributed by atoms with Crippen LogP contribution < -0.4 is 15.5 Å². The molecule has 4 aromatic rings. The molecule has 5 rings (SSSR count). The zero-order valence-corrected chi connectivity index (χ0v) is 17.1. The lowest BCUT2D eigenvalue weighted by molar-refractivity contribution is 0.585. The largest absolute Gasteiger partial charge is 0.353 e. The fourth-order valence-electron chi connectivity index (χ4n) is 3.51. The van der Waals surface area contributed by atoms with Crippen molar-refractivity contribution in [3.8, 4) is 11.4 Å². The maximum Gasteiger partial charge on any atom is 0.214 e. The lowest BCUT2D eigenvalue weighted by Gasteiger charge is -2.29. The van der Waals surface area contributed by atoms with Crippen molar-refractivity contribution in [3.63, 3.8) is 0 Å². The van der Waals surface area contributed by atoms with Crippen LogP contribution in [0.4, 0.5) is 21.8 Å². The van der Waals surface area contributed by atoms with Crippen molar-refractivity contribution >= 4 is 40.0 Å². The van der Waals surface area contributed by atoms with Crippen LogP contribution in [-0.4, -0.2) is 51.1 Å². The highest BCUT2D eigenvalue weighted by Gasteiger charge is 2.20. The van der Waals surface area contributed by atoms with Gasteiger partial charge in [-0.2, -0.15) is 4.39 Å². The second kappa shape index (κ2) is 8.37. The van der Waals surface area contributed by atoms with Crippen molar-refractivity contribution in [2.75, 3.05) is 36.4 Å². The minimum absolute atomic E-state index is 0.363. The fourth-order valence-corrected chi connectivity index (χ4v) is 3.75. The minimum atomic E-state index is -0.566. The molecule has 0 amide bonds. The molecule has 1 fully saturated rings. The molecule has 0 bridgehead atoms. The third-order valence-corrected chi connectivity index (χ3v) is 5.23. The van der Waals surface area contributed by atoms with Crippen LogP contribution in [-0.2, 0) is 0 Å². The molecule has 0 aromatic carbocycles. The number of nitrogens with zero attached hydrogens (tertiary/aromatic N) is 6. The van der Waals surface area contributed by atoms with Gasteiger partial charge in [0.05, 0.1) is 22.1 Å². The average Bonchev–Trinajstić information content (AvgIpc) is 2.79. The average molecular weight is 437 g/mol. The van der Waals surface area contributed by atoms with E-state index in [0.717, 1.165) is 42.9 Å². The lowest BCUT2D eigenvalue weighted by atomic mass is 10.2. The first-order valence-corrected chi connectivity index (χ1v) is 10.2. The van der Waals surface area contributed by atoms with E-state index in [0.29, 0.717) is 28.0 Å². The van der Waals surface area contributed by atoms with Crippen molar-refractivity contribution in [1.82, 2.24) is 30.2 Å². The Balaban J connectivity index is 1.57. The molecular weight excluding hydrogens is 419 g/mol. The van der Waals surface area contributed by atoms with Gasteiger partial charge in [-0.3, -0.25) is 4.98 Å². The van der Waals surface area contributed by atoms with Gasteiger partial charge < -0.3 is 15.5 Å². The Hall–Kier alpha value is -3.43. The summed E-state index contributed by atoms with van der Waals surface area (Å²) in [4.78, 5) is 24.1. The Morgan fingerprint density at radius 2 is 1.90 bits per heavy atom. The quantitative estimate of drug-likeness (QED) is 0.470. The molecule has 1 aliphatic rings. The Morgan fingerprint density at radius 3 is 2.74 bits per heavy atom. The number of anilines is 3. The van der Waals surface area contributed by atoms with Crippen molar-refractivity contribution < 1.29 is 4.39 Å². The topological polar surface area (TPSA) is 91.8 Å². The lowest BCUT2D eigenvalue weighted by Crippen LogP contribution is -2.44. The summed E-state index contributed by atoms with van der Waals surface area (Å²) in [6, 6.07) is 8.16. The predicted molar refractivity (Wildman–Crippen MR) is 118 cm³/mol. The smallest absolute Gasteiger partial charge is 0.214 e. The molecule has 0 radical (unpaired) electrons. The molecule has 0 aliphatic carbocycles. The van der Waals surface area contributed by atoms with Crippen LogP contribution >= 0.6 is 11.6 Å². The van der Waals surface area contributed by atoms with Gasteiger partial charge in [-0.15, -0.1) is 0 Å². The van der Waals surface area contributed by atoms with Crippen LogP contribution in [0.25, 0.3) is 22.3 Å². The van der Waals surface area contributed by atoms with Crippen molar-refractivity contribution in [2.24, 2.45) is 0 Å². The Morgan fingerprint density at radius 1 is 1.03 bits per heavy atom. The van der Waals surface area contributed by atoms with E-state index < -0.39 is 5.95 Å². The molecule has 0 atom stereocenters. The van der Waals surface area contributed by atoms with Crippen LogP contribution in [0.2, 0.25) is 5.02 Å². The van der Waals surface area contributed by atoms with Crippen LogP contribution in [0.5, 0.6) is 0 Å². The molecule has 8 nitrogen and oxygen atoms in total. The third-order valence-electron chi connectivity index (χ3n) is 4.95. The standard InChI is InChI=1S/C21H18ClFN8/c22-14-11-25-12-15-19(14)21(31-8-6-24-7-9-31)30-20(27-15)13-4-5-26-18(10-13)29-17-3-1-2-16(23)28-17/h1-5,10-12,24H,6-9H2,(H,26,28,29). The number of halogens is 2. The first-order valence-electron chi connectivity index (χ1n) is 9.80. The van der Waals surface area contributed by atoms with Crippen LogP contribution in [0.3, 0.4) is 0 Å². The number of hydrogen-bond donors (Lipinski definition) is 2. The molecule has 0 spiro atoms. The number of nitrogens with one attached hydrogen (secondary N) is 2. The van der Waals surface area contributed by atoms with Crippen LogP contribution in [0.15, 0.2) is 48.9 Å². The number of hydrogen-bond acceptors (Lipinski definition) is 8. The number of pyridine rings is 3. The number of rotatable bonds is 4. The molecule has 0 saturated carbocycles. The first-order chi connectivity index (χ1) is 15.2.